The van der Waals surface area contributed by atoms with Crippen molar-refractivity contribution in [2.24, 2.45) is 5.92 Å². The van der Waals surface area contributed by atoms with E-state index in [9.17, 15) is 0 Å². The number of hydrogen-bond acceptors (Lipinski definition) is 2. The second-order valence-corrected chi connectivity index (χ2v) is 3.90. The van der Waals surface area contributed by atoms with E-state index in [4.69, 9.17) is 4.74 Å². The third-order valence-electron chi connectivity index (χ3n) is 3.27. The van der Waals surface area contributed by atoms with Crippen LogP contribution >= 0.6 is 0 Å². The van der Waals surface area contributed by atoms with Gasteiger partial charge in [0.05, 0.1) is 6.10 Å². The number of nitrogens with zero attached hydrogens (tertiary/aromatic N) is 1. The van der Waals surface area contributed by atoms with Crippen LogP contribution in [0.5, 0.6) is 0 Å². The lowest BCUT2D eigenvalue weighted by Crippen LogP contribution is -2.30. The molecule has 2 heterocycles. The Morgan fingerprint density at radius 2 is 1.73 bits per heavy atom. The Morgan fingerprint density at radius 1 is 1.13 bits per heavy atom. The van der Waals surface area contributed by atoms with Gasteiger partial charge in [-0.3, -0.25) is 0 Å². The van der Waals surface area contributed by atoms with Crippen molar-refractivity contribution in [2.75, 3.05) is 20.2 Å². The lowest BCUT2D eigenvalue weighted by molar-refractivity contribution is -0.00478. The van der Waals surface area contributed by atoms with Crippen LogP contribution in [0.4, 0.5) is 0 Å². The number of likely N-dealkylation sites (tertiary alicyclic amines) is 1. The molecule has 0 radical (unpaired) electrons. The van der Waals surface area contributed by atoms with Gasteiger partial charge in [-0.05, 0) is 26.8 Å². The first-order valence-electron chi connectivity index (χ1n) is 6.61. The van der Waals surface area contributed by atoms with Crippen molar-refractivity contribution >= 4 is 0 Å². The van der Waals surface area contributed by atoms with Crippen LogP contribution in [-0.2, 0) is 4.74 Å². The van der Waals surface area contributed by atoms with Gasteiger partial charge in [0.25, 0.3) is 0 Å². The van der Waals surface area contributed by atoms with Crippen molar-refractivity contribution in [3.05, 3.63) is 0 Å². The zero-order chi connectivity index (χ0) is 11.8. The third-order valence-corrected chi connectivity index (χ3v) is 3.27. The lowest BCUT2D eigenvalue weighted by atomic mass is 9.92. The molecule has 2 nitrogen and oxygen atoms in total. The first kappa shape index (κ1) is 14.9. The first-order valence-corrected chi connectivity index (χ1v) is 6.61. The van der Waals surface area contributed by atoms with Crippen molar-refractivity contribution in [3.63, 3.8) is 0 Å². The molecule has 0 aromatic carbocycles. The highest BCUT2D eigenvalue weighted by Gasteiger charge is 2.39. The third kappa shape index (κ3) is 3.76. The second-order valence-electron chi connectivity index (χ2n) is 3.90. The van der Waals surface area contributed by atoms with Crippen LogP contribution in [0.15, 0.2) is 0 Å². The molecule has 3 unspecified atom stereocenters. The van der Waals surface area contributed by atoms with Crippen molar-refractivity contribution in [1.82, 2.24) is 4.90 Å². The summed E-state index contributed by atoms with van der Waals surface area (Å²) in [6.07, 6.45) is 3.18. The molecular weight excluding hydrogens is 186 g/mol. The normalized spacial score (nSPS) is 34.4. The summed E-state index contributed by atoms with van der Waals surface area (Å²) in [5.41, 5.74) is 0. The van der Waals surface area contributed by atoms with Gasteiger partial charge in [0, 0.05) is 25.1 Å². The maximum atomic E-state index is 5.70. The Labute approximate surface area is 96.0 Å². The molecule has 0 bridgehead atoms. The minimum absolute atomic E-state index is 0.545. The summed E-state index contributed by atoms with van der Waals surface area (Å²) in [6, 6.07) is 0.736. The van der Waals surface area contributed by atoms with Gasteiger partial charge < -0.3 is 9.64 Å². The van der Waals surface area contributed by atoms with E-state index >= 15 is 0 Å². The van der Waals surface area contributed by atoms with Crippen molar-refractivity contribution in [1.29, 1.82) is 0 Å². The summed E-state index contributed by atoms with van der Waals surface area (Å²) in [6.45, 7) is 12.5. The number of likely N-dealkylation sites (N-methyl/N-ethyl adjacent to an activating group) is 1. The molecule has 0 N–H and O–H groups in total. The number of rotatable bonds is 0. The predicted molar refractivity (Wildman–Crippen MR) is 67.3 cm³/mol. The number of ether oxygens (including phenoxy) is 1. The smallest absolute Gasteiger partial charge is 0.0744 e. The number of hydrogen-bond donors (Lipinski definition) is 0. The van der Waals surface area contributed by atoms with Crippen LogP contribution in [0.1, 0.15) is 47.5 Å². The van der Waals surface area contributed by atoms with Crippen LogP contribution in [0.3, 0.4) is 0 Å². The van der Waals surface area contributed by atoms with Crippen LogP contribution in [0.2, 0.25) is 0 Å². The van der Waals surface area contributed by atoms with E-state index < -0.39 is 0 Å². The Bertz CT molecular complexity index is 149. The minimum Gasteiger partial charge on any atom is -0.377 e. The molecule has 2 aliphatic rings. The van der Waals surface area contributed by atoms with E-state index in [-0.39, 0.29) is 0 Å². The highest BCUT2D eigenvalue weighted by atomic mass is 16.5. The zero-order valence-corrected chi connectivity index (χ0v) is 11.4. The van der Waals surface area contributed by atoms with E-state index in [0.29, 0.717) is 6.10 Å². The van der Waals surface area contributed by atoms with Crippen molar-refractivity contribution in [3.8, 4) is 0 Å². The monoisotopic (exact) mass is 215 g/mol. The lowest BCUT2D eigenvalue weighted by Gasteiger charge is -2.27. The van der Waals surface area contributed by atoms with Gasteiger partial charge in [-0.15, -0.1) is 0 Å². The average Bonchev–Trinajstić information content (AvgIpc) is 2.61. The summed E-state index contributed by atoms with van der Waals surface area (Å²) in [5, 5.41) is 0. The molecule has 0 amide bonds. The van der Waals surface area contributed by atoms with Crippen molar-refractivity contribution in [2.45, 2.75) is 59.6 Å². The zero-order valence-electron chi connectivity index (χ0n) is 11.4. The van der Waals surface area contributed by atoms with E-state index in [2.05, 4.69) is 18.9 Å². The van der Waals surface area contributed by atoms with Crippen molar-refractivity contribution < 1.29 is 4.74 Å². The molecule has 0 aliphatic carbocycles. The largest absolute Gasteiger partial charge is 0.377 e. The fourth-order valence-corrected chi connectivity index (χ4v) is 2.38. The molecule has 2 saturated heterocycles. The van der Waals surface area contributed by atoms with Gasteiger partial charge in [0.2, 0.25) is 0 Å². The van der Waals surface area contributed by atoms with Gasteiger partial charge in [0.15, 0.2) is 0 Å². The minimum atomic E-state index is 0.545. The summed E-state index contributed by atoms with van der Waals surface area (Å²) in [5.74, 6) is 0.814. The summed E-state index contributed by atoms with van der Waals surface area (Å²) in [4.78, 5) is 2.42. The van der Waals surface area contributed by atoms with Crippen LogP contribution in [0.25, 0.3) is 0 Å². The standard InChI is InChI=1S/C9H17NO.2C2H6/c1-7-8-4-3-5-11-9(8)6-10(7)2;2*1-2/h7-9H,3-6H2,1-2H3;2*1-2H3. The van der Waals surface area contributed by atoms with Gasteiger partial charge in [0.1, 0.15) is 0 Å². The van der Waals surface area contributed by atoms with Gasteiger partial charge in [-0.1, -0.05) is 27.7 Å². The molecule has 3 atom stereocenters. The van der Waals surface area contributed by atoms with Crippen LogP contribution < -0.4 is 0 Å². The molecule has 2 heteroatoms. The second kappa shape index (κ2) is 8.12. The Kier molecular flexibility index (Phi) is 8.07. The number of fused-ring (bicyclic) bond motifs is 1. The summed E-state index contributed by atoms with van der Waals surface area (Å²) >= 11 is 0. The van der Waals surface area contributed by atoms with Crippen LogP contribution in [0, 0.1) is 5.92 Å². The first-order chi connectivity index (χ1) is 7.29. The molecule has 0 spiro atoms. The average molecular weight is 215 g/mol. The van der Waals surface area contributed by atoms with E-state index in [1.165, 1.54) is 12.8 Å². The summed E-state index contributed by atoms with van der Waals surface area (Å²) < 4.78 is 5.70. The predicted octanol–water partition coefficient (Wildman–Crippen LogP) is 3.17. The maximum absolute atomic E-state index is 5.70. The van der Waals surface area contributed by atoms with Gasteiger partial charge in [-0.25, -0.2) is 0 Å². The topological polar surface area (TPSA) is 12.5 Å². The molecule has 2 aliphatic heterocycles. The fraction of sp³-hybridized carbons (Fsp3) is 1.00. The van der Waals surface area contributed by atoms with Crippen LogP contribution in [-0.4, -0.2) is 37.2 Å². The molecule has 2 fully saturated rings. The summed E-state index contributed by atoms with van der Waals surface area (Å²) in [7, 11) is 2.20. The molecule has 0 saturated carbocycles. The Morgan fingerprint density at radius 3 is 2.27 bits per heavy atom. The molecule has 92 valence electrons. The molecule has 0 aromatic heterocycles. The van der Waals surface area contributed by atoms with E-state index in [1.807, 2.05) is 27.7 Å². The van der Waals surface area contributed by atoms with E-state index in [1.54, 1.807) is 0 Å². The van der Waals surface area contributed by atoms with Gasteiger partial charge in [-0.2, -0.15) is 0 Å². The molecule has 15 heavy (non-hydrogen) atoms. The Hall–Kier alpha value is -0.0800. The Balaban J connectivity index is 0.000000442. The van der Waals surface area contributed by atoms with E-state index in [0.717, 1.165) is 25.1 Å². The fourth-order valence-electron chi connectivity index (χ4n) is 2.38. The highest BCUT2D eigenvalue weighted by Crippen LogP contribution is 2.32. The molecule has 2 rings (SSSR count). The van der Waals surface area contributed by atoms with Gasteiger partial charge >= 0.3 is 0 Å². The maximum Gasteiger partial charge on any atom is 0.0744 e. The molecular formula is C13H29NO. The quantitative estimate of drug-likeness (QED) is 0.615. The SMILES string of the molecule is CC.CC.CC1C2CCCOC2CN1C. The molecule has 0 aromatic rings. The highest BCUT2D eigenvalue weighted by molar-refractivity contribution is 4.91.